The molecule has 2 aromatic heterocycles. The quantitative estimate of drug-likeness (QED) is 0.380. The third-order valence-electron chi connectivity index (χ3n) is 3.36. The van der Waals surface area contributed by atoms with Crippen molar-refractivity contribution in [3.8, 4) is 11.3 Å². The average molecular weight is 370 g/mol. The lowest BCUT2D eigenvalue weighted by molar-refractivity contribution is -0.384. The summed E-state index contributed by atoms with van der Waals surface area (Å²) >= 11 is 13.4. The third kappa shape index (κ3) is 2.60. The number of halogens is 2. The number of nitro benzene ring substituents is 1. The highest BCUT2D eigenvalue weighted by atomic mass is 35.5. The lowest BCUT2D eigenvalue weighted by atomic mass is 10.1. The van der Waals surface area contributed by atoms with E-state index < -0.39 is 4.92 Å². The SMILES string of the molecule is CCc1cn2c(C=O)c(-c3cc([N+](=O)[O-])c(Cl)cc3Cl)nc2s1. The molecule has 0 N–H and O–H groups in total. The first kappa shape index (κ1) is 15.9. The zero-order valence-electron chi connectivity index (χ0n) is 11.7. The van der Waals surface area contributed by atoms with Crippen LogP contribution in [0.25, 0.3) is 16.2 Å². The van der Waals surface area contributed by atoms with Crippen molar-refractivity contribution in [2.45, 2.75) is 13.3 Å². The van der Waals surface area contributed by atoms with Crippen molar-refractivity contribution in [2.75, 3.05) is 0 Å². The summed E-state index contributed by atoms with van der Waals surface area (Å²) < 4.78 is 1.67. The highest BCUT2D eigenvalue weighted by Gasteiger charge is 2.22. The molecule has 0 bridgehead atoms. The van der Waals surface area contributed by atoms with Gasteiger partial charge in [-0.3, -0.25) is 19.3 Å². The first-order chi connectivity index (χ1) is 11.0. The van der Waals surface area contributed by atoms with E-state index >= 15 is 0 Å². The molecule has 0 spiro atoms. The molecule has 0 aliphatic rings. The Balaban J connectivity index is 2.28. The molecule has 9 heteroatoms. The fourth-order valence-corrected chi connectivity index (χ4v) is 3.71. The van der Waals surface area contributed by atoms with E-state index in [-0.39, 0.29) is 15.7 Å². The summed E-state index contributed by atoms with van der Waals surface area (Å²) in [5.74, 6) is 0. The molecule has 2 heterocycles. The van der Waals surface area contributed by atoms with Gasteiger partial charge in [0.15, 0.2) is 11.2 Å². The van der Waals surface area contributed by atoms with Crippen molar-refractivity contribution >= 4 is 51.5 Å². The van der Waals surface area contributed by atoms with Crippen LogP contribution in [0.1, 0.15) is 22.3 Å². The number of nitrogens with zero attached hydrogens (tertiary/aromatic N) is 3. The van der Waals surface area contributed by atoms with Crippen molar-refractivity contribution < 1.29 is 9.72 Å². The maximum absolute atomic E-state index is 11.5. The summed E-state index contributed by atoms with van der Waals surface area (Å²) in [6, 6.07) is 2.53. The van der Waals surface area contributed by atoms with E-state index in [9.17, 15) is 14.9 Å². The summed E-state index contributed by atoms with van der Waals surface area (Å²) in [7, 11) is 0. The van der Waals surface area contributed by atoms with Crippen molar-refractivity contribution in [1.29, 1.82) is 0 Å². The Bertz CT molecular complexity index is 949. The number of aryl methyl sites for hydroxylation is 1. The van der Waals surface area contributed by atoms with E-state index in [0.29, 0.717) is 28.2 Å². The van der Waals surface area contributed by atoms with Crippen LogP contribution in [0.2, 0.25) is 10.0 Å². The highest BCUT2D eigenvalue weighted by Crippen LogP contribution is 2.38. The Morgan fingerprint density at radius 3 is 2.74 bits per heavy atom. The fraction of sp³-hybridized carbons (Fsp3) is 0.143. The van der Waals surface area contributed by atoms with Crippen molar-refractivity contribution in [3.63, 3.8) is 0 Å². The molecule has 0 aliphatic heterocycles. The molecule has 0 radical (unpaired) electrons. The largest absolute Gasteiger partial charge is 0.296 e. The smallest absolute Gasteiger partial charge is 0.288 e. The highest BCUT2D eigenvalue weighted by molar-refractivity contribution is 7.17. The minimum absolute atomic E-state index is 0.0642. The summed E-state index contributed by atoms with van der Waals surface area (Å²) in [6.07, 6.45) is 3.32. The number of hydrogen-bond acceptors (Lipinski definition) is 5. The fourth-order valence-electron chi connectivity index (χ4n) is 2.24. The number of carbonyl (C=O) groups is 1. The number of aldehydes is 1. The van der Waals surface area contributed by atoms with Gasteiger partial charge >= 0.3 is 0 Å². The minimum atomic E-state index is -0.601. The zero-order chi connectivity index (χ0) is 16.7. The van der Waals surface area contributed by atoms with Crippen LogP contribution in [0.5, 0.6) is 0 Å². The molecule has 118 valence electrons. The monoisotopic (exact) mass is 369 g/mol. The number of carbonyl (C=O) groups excluding carboxylic acids is 1. The van der Waals surface area contributed by atoms with Crippen molar-refractivity contribution in [2.24, 2.45) is 0 Å². The zero-order valence-corrected chi connectivity index (χ0v) is 14.1. The van der Waals surface area contributed by atoms with E-state index in [1.54, 1.807) is 4.40 Å². The molecule has 6 nitrogen and oxygen atoms in total. The molecule has 1 aromatic carbocycles. The minimum Gasteiger partial charge on any atom is -0.296 e. The molecule has 3 rings (SSSR count). The molecule has 0 saturated carbocycles. The van der Waals surface area contributed by atoms with Crippen LogP contribution < -0.4 is 0 Å². The third-order valence-corrected chi connectivity index (χ3v) is 5.10. The van der Waals surface area contributed by atoms with Gasteiger partial charge in [0, 0.05) is 22.7 Å². The predicted molar refractivity (Wildman–Crippen MR) is 89.9 cm³/mol. The summed E-state index contributed by atoms with van der Waals surface area (Å²) in [5, 5.41) is 11.2. The van der Waals surface area contributed by atoms with Crippen LogP contribution in [-0.2, 0) is 6.42 Å². The van der Waals surface area contributed by atoms with Gasteiger partial charge in [0.1, 0.15) is 16.4 Å². The number of benzene rings is 1. The summed E-state index contributed by atoms with van der Waals surface area (Å²) in [5.41, 5.74) is 0.625. The number of hydrogen-bond donors (Lipinski definition) is 0. The van der Waals surface area contributed by atoms with E-state index in [2.05, 4.69) is 4.98 Å². The Kier molecular flexibility index (Phi) is 4.09. The van der Waals surface area contributed by atoms with Gasteiger partial charge in [0.05, 0.1) is 9.95 Å². The van der Waals surface area contributed by atoms with Gasteiger partial charge in [-0.05, 0) is 12.5 Å². The topological polar surface area (TPSA) is 77.5 Å². The molecule has 0 fully saturated rings. The van der Waals surface area contributed by atoms with Gasteiger partial charge in [-0.15, -0.1) is 11.3 Å². The van der Waals surface area contributed by atoms with E-state index in [1.165, 1.54) is 23.5 Å². The predicted octanol–water partition coefficient (Wildman–Crippen LogP) is 4.65. The van der Waals surface area contributed by atoms with Crippen LogP contribution >= 0.6 is 34.5 Å². The molecule has 3 aromatic rings. The van der Waals surface area contributed by atoms with Gasteiger partial charge in [-0.25, -0.2) is 4.98 Å². The van der Waals surface area contributed by atoms with Gasteiger partial charge in [0.2, 0.25) is 0 Å². The standard InChI is InChI=1S/C14H9Cl2N3O3S/c1-2-7-5-18-12(6-20)13(17-14(18)23-7)8-3-11(19(21)22)10(16)4-9(8)15/h3-6H,2H2,1H3. The van der Waals surface area contributed by atoms with Gasteiger partial charge in [-0.2, -0.15) is 0 Å². The average Bonchev–Trinajstić information content (AvgIpc) is 3.03. The molecule has 0 saturated heterocycles. The first-order valence-electron chi connectivity index (χ1n) is 6.56. The first-order valence-corrected chi connectivity index (χ1v) is 8.13. The van der Waals surface area contributed by atoms with Crippen molar-refractivity contribution in [3.05, 3.63) is 49.1 Å². The summed E-state index contributed by atoms with van der Waals surface area (Å²) in [6.45, 7) is 2.01. The maximum atomic E-state index is 11.5. The van der Waals surface area contributed by atoms with Crippen LogP contribution in [-0.4, -0.2) is 20.6 Å². The summed E-state index contributed by atoms with van der Waals surface area (Å²) in [4.78, 5) is 28.1. The number of rotatable bonds is 4. The van der Waals surface area contributed by atoms with Crippen LogP contribution in [0.4, 0.5) is 5.69 Å². The second-order valence-corrected chi connectivity index (χ2v) is 6.62. The van der Waals surface area contributed by atoms with Crippen LogP contribution in [0.3, 0.4) is 0 Å². The molecule has 0 amide bonds. The van der Waals surface area contributed by atoms with Crippen molar-refractivity contribution in [1.82, 2.24) is 9.38 Å². The molecule has 0 atom stereocenters. The lowest BCUT2D eigenvalue weighted by Crippen LogP contribution is -1.94. The molecular formula is C14H9Cl2N3O3S. The Morgan fingerprint density at radius 1 is 1.39 bits per heavy atom. The van der Waals surface area contributed by atoms with Crippen LogP contribution in [0.15, 0.2) is 18.3 Å². The number of fused-ring (bicyclic) bond motifs is 1. The molecule has 0 unspecified atom stereocenters. The maximum Gasteiger partial charge on any atom is 0.288 e. The van der Waals surface area contributed by atoms with E-state index in [0.717, 1.165) is 11.3 Å². The van der Waals surface area contributed by atoms with E-state index in [4.69, 9.17) is 23.2 Å². The van der Waals surface area contributed by atoms with Gasteiger partial charge < -0.3 is 0 Å². The second kappa shape index (κ2) is 5.92. The molecular weight excluding hydrogens is 361 g/mol. The Morgan fingerprint density at radius 2 is 2.13 bits per heavy atom. The number of imidazole rings is 1. The number of thiazole rings is 1. The van der Waals surface area contributed by atoms with Gasteiger partial charge in [0.25, 0.3) is 5.69 Å². The van der Waals surface area contributed by atoms with Gasteiger partial charge in [-0.1, -0.05) is 30.1 Å². The van der Waals surface area contributed by atoms with Crippen LogP contribution in [0, 0.1) is 10.1 Å². The Hall–Kier alpha value is -1.96. The Labute approximate surface area is 144 Å². The second-order valence-electron chi connectivity index (χ2n) is 4.71. The van der Waals surface area contributed by atoms with E-state index in [1.807, 2.05) is 13.1 Å². The normalized spacial score (nSPS) is 11.1. The number of nitro groups is 1. The molecule has 0 aliphatic carbocycles. The number of aromatic nitrogens is 2. The lowest BCUT2D eigenvalue weighted by Gasteiger charge is -2.04. The molecule has 23 heavy (non-hydrogen) atoms.